The van der Waals surface area contributed by atoms with Crippen LogP contribution in [0.15, 0.2) is 18.3 Å². The Morgan fingerprint density at radius 2 is 2.02 bits per heavy atom. The van der Waals surface area contributed by atoms with Crippen LogP contribution in [0.4, 0.5) is 19.0 Å². The first-order valence-corrected chi connectivity index (χ1v) is 16.3. The van der Waals surface area contributed by atoms with Gasteiger partial charge in [0.15, 0.2) is 5.82 Å². The van der Waals surface area contributed by atoms with Crippen molar-refractivity contribution in [3.8, 4) is 17.1 Å². The van der Waals surface area contributed by atoms with Crippen molar-refractivity contribution in [1.82, 2.24) is 25.1 Å². The summed E-state index contributed by atoms with van der Waals surface area (Å²) in [6, 6.07) is 2.91. The molecule has 5 atom stereocenters. The van der Waals surface area contributed by atoms with E-state index >= 15 is 8.78 Å². The molecule has 1 saturated carbocycles. The quantitative estimate of drug-likeness (QED) is 0.270. The summed E-state index contributed by atoms with van der Waals surface area (Å²) in [5.41, 5.74) is -0.465. The Balaban J connectivity index is 1.31. The molecule has 13 heteroatoms. The number of anilines is 1. The molecule has 4 aliphatic rings. The fourth-order valence-electron chi connectivity index (χ4n) is 7.96. The van der Waals surface area contributed by atoms with Crippen molar-refractivity contribution in [1.29, 1.82) is 0 Å². The summed E-state index contributed by atoms with van der Waals surface area (Å²) in [5, 5.41) is 19.1. The molecule has 0 amide bonds. The van der Waals surface area contributed by atoms with E-state index in [0.29, 0.717) is 52.5 Å². The van der Waals surface area contributed by atoms with Gasteiger partial charge in [0.05, 0.1) is 42.6 Å². The number of hydrogen-bond donors (Lipinski definition) is 2. The van der Waals surface area contributed by atoms with Crippen LogP contribution >= 0.6 is 11.6 Å². The van der Waals surface area contributed by atoms with Crippen molar-refractivity contribution < 1.29 is 27.8 Å². The minimum atomic E-state index is -1.24. The number of aliphatic hydroxyl groups is 1. The Hall–Kier alpha value is -3.19. The standard InChI is InChI=1S/C33H36ClF3N6O3/c1-17-8-19(17)25-22(34)10-24-21(12-38-41-24)26(25)27-23(36)9-20-29(28(27)37)39-31(40-30(20)42-6-7-45-15-32(2,44)14-42)46-16-33-4-3-5-43(33)13-18(35)11-33/h9-10,12,17-19,44H,3-8,11,13-16H2,1-2H3,(H,38,41)/t17-,18-,19+,32+,33+/m1/s1. The molecule has 2 N–H and O–H groups in total. The van der Waals surface area contributed by atoms with Crippen LogP contribution in [-0.4, -0.2) is 93.5 Å². The molecule has 244 valence electrons. The van der Waals surface area contributed by atoms with Crippen LogP contribution in [0.25, 0.3) is 32.9 Å². The summed E-state index contributed by atoms with van der Waals surface area (Å²) in [7, 11) is 0. The molecule has 8 rings (SSSR count). The number of nitrogens with zero attached hydrogens (tertiary/aromatic N) is 5. The predicted octanol–water partition coefficient (Wildman–Crippen LogP) is 5.77. The van der Waals surface area contributed by atoms with Gasteiger partial charge in [-0.25, -0.2) is 13.2 Å². The third-order valence-corrected chi connectivity index (χ3v) is 10.6. The van der Waals surface area contributed by atoms with E-state index in [9.17, 15) is 9.50 Å². The summed E-state index contributed by atoms with van der Waals surface area (Å²) >= 11 is 6.78. The Morgan fingerprint density at radius 1 is 1.20 bits per heavy atom. The molecule has 46 heavy (non-hydrogen) atoms. The zero-order chi connectivity index (χ0) is 32.0. The number of benzene rings is 2. The summed E-state index contributed by atoms with van der Waals surface area (Å²) < 4.78 is 59.9. The normalized spacial score (nSPS) is 29.9. The molecule has 0 radical (unpaired) electrons. The maximum absolute atomic E-state index is 17.1. The number of H-pyrrole nitrogens is 1. The summed E-state index contributed by atoms with van der Waals surface area (Å²) in [6.07, 6.45) is 3.53. The van der Waals surface area contributed by atoms with Crippen LogP contribution < -0.4 is 9.64 Å². The van der Waals surface area contributed by atoms with Crippen LogP contribution in [0.1, 0.15) is 51.0 Å². The van der Waals surface area contributed by atoms with Gasteiger partial charge in [-0.05, 0) is 62.3 Å². The van der Waals surface area contributed by atoms with Crippen LogP contribution in [0.5, 0.6) is 6.01 Å². The van der Waals surface area contributed by atoms with E-state index in [0.717, 1.165) is 25.8 Å². The van der Waals surface area contributed by atoms with Gasteiger partial charge in [-0.15, -0.1) is 0 Å². The van der Waals surface area contributed by atoms with Gasteiger partial charge < -0.3 is 19.5 Å². The van der Waals surface area contributed by atoms with E-state index in [4.69, 9.17) is 21.1 Å². The third-order valence-electron chi connectivity index (χ3n) is 10.3. The molecule has 5 heterocycles. The van der Waals surface area contributed by atoms with E-state index in [1.165, 1.54) is 6.07 Å². The number of aromatic amines is 1. The fraction of sp³-hybridized carbons (Fsp3) is 0.545. The molecule has 1 aliphatic carbocycles. The van der Waals surface area contributed by atoms with Gasteiger partial charge in [-0.1, -0.05) is 18.5 Å². The Morgan fingerprint density at radius 3 is 2.83 bits per heavy atom. The smallest absolute Gasteiger partial charge is 0.319 e. The van der Waals surface area contributed by atoms with Gasteiger partial charge in [0, 0.05) is 40.9 Å². The minimum Gasteiger partial charge on any atom is -0.461 e. The number of hydrogen-bond acceptors (Lipinski definition) is 8. The van der Waals surface area contributed by atoms with Crippen molar-refractivity contribution in [3.63, 3.8) is 0 Å². The van der Waals surface area contributed by atoms with E-state index in [-0.39, 0.29) is 60.6 Å². The van der Waals surface area contributed by atoms with Crippen molar-refractivity contribution in [2.45, 2.75) is 62.8 Å². The van der Waals surface area contributed by atoms with Gasteiger partial charge in [0.1, 0.15) is 35.5 Å². The number of fused-ring (bicyclic) bond motifs is 3. The van der Waals surface area contributed by atoms with Gasteiger partial charge in [-0.2, -0.15) is 15.1 Å². The Kier molecular flexibility index (Phi) is 7.17. The van der Waals surface area contributed by atoms with Gasteiger partial charge in [0.25, 0.3) is 0 Å². The first-order valence-electron chi connectivity index (χ1n) is 16.0. The Labute approximate surface area is 269 Å². The second kappa shape index (κ2) is 10.9. The highest BCUT2D eigenvalue weighted by Gasteiger charge is 2.49. The zero-order valence-electron chi connectivity index (χ0n) is 25.8. The van der Waals surface area contributed by atoms with Crippen molar-refractivity contribution in [2.24, 2.45) is 5.92 Å². The topological polar surface area (TPSA) is 99.6 Å². The van der Waals surface area contributed by atoms with E-state index in [1.54, 1.807) is 24.1 Å². The predicted molar refractivity (Wildman–Crippen MR) is 168 cm³/mol. The molecule has 0 spiro atoms. The maximum Gasteiger partial charge on any atom is 0.319 e. The minimum absolute atomic E-state index is 0.0508. The maximum atomic E-state index is 17.1. The number of β-amino-alcohol motifs (C(OH)–C–C–N with tert-alkyl or cyclic N) is 1. The molecule has 3 aliphatic heterocycles. The lowest BCUT2D eigenvalue weighted by Gasteiger charge is -2.31. The average Bonchev–Trinajstić information content (AvgIpc) is 3.27. The number of ether oxygens (including phenoxy) is 2. The molecular formula is C33H36ClF3N6O3. The van der Waals surface area contributed by atoms with E-state index in [1.807, 2.05) is 0 Å². The molecule has 0 unspecified atom stereocenters. The summed E-state index contributed by atoms with van der Waals surface area (Å²) in [5.74, 6) is -1.07. The fourth-order valence-corrected chi connectivity index (χ4v) is 8.30. The van der Waals surface area contributed by atoms with Crippen LogP contribution in [-0.2, 0) is 4.74 Å². The van der Waals surface area contributed by atoms with Gasteiger partial charge in [0.2, 0.25) is 0 Å². The molecule has 2 aromatic carbocycles. The first kappa shape index (κ1) is 30.2. The molecule has 3 saturated heterocycles. The SMILES string of the molecule is C[C@@H]1C[C@@H]1c1c(Cl)cc2[nH]ncc2c1-c1c(F)cc2c(N3CCOC[C@@](C)(O)C3)nc(OC[C@@]34CCCN3C[C@H](F)C4)nc2c1F. The lowest BCUT2D eigenvalue weighted by molar-refractivity contribution is -0.0123. The summed E-state index contributed by atoms with van der Waals surface area (Å²) in [4.78, 5) is 13.1. The summed E-state index contributed by atoms with van der Waals surface area (Å²) in [6.45, 7) is 5.82. The largest absolute Gasteiger partial charge is 0.461 e. The highest BCUT2D eigenvalue weighted by Crippen LogP contribution is 2.55. The van der Waals surface area contributed by atoms with Crippen LogP contribution in [0.3, 0.4) is 0 Å². The molecule has 9 nitrogen and oxygen atoms in total. The highest BCUT2D eigenvalue weighted by molar-refractivity contribution is 6.33. The lowest BCUT2D eigenvalue weighted by atomic mass is 9.91. The van der Waals surface area contributed by atoms with E-state index in [2.05, 4.69) is 32.0 Å². The zero-order valence-corrected chi connectivity index (χ0v) is 26.5. The van der Waals surface area contributed by atoms with E-state index < -0.39 is 28.9 Å². The molecule has 2 aromatic heterocycles. The number of aromatic nitrogens is 4. The van der Waals surface area contributed by atoms with Crippen molar-refractivity contribution >= 4 is 39.2 Å². The van der Waals surface area contributed by atoms with Gasteiger partial charge >= 0.3 is 6.01 Å². The van der Waals surface area contributed by atoms with Crippen LogP contribution in [0, 0.1) is 17.6 Å². The van der Waals surface area contributed by atoms with Gasteiger partial charge in [-0.3, -0.25) is 10.00 Å². The first-order chi connectivity index (χ1) is 22.0. The monoisotopic (exact) mass is 656 g/mol. The number of nitrogens with one attached hydrogen (secondary N) is 1. The second-order valence-corrected chi connectivity index (χ2v) is 14.3. The average molecular weight is 657 g/mol. The second-order valence-electron chi connectivity index (χ2n) is 13.9. The Bertz CT molecular complexity index is 1850. The molecule has 0 bridgehead atoms. The molecular weight excluding hydrogens is 621 g/mol. The van der Waals surface area contributed by atoms with Crippen LogP contribution in [0.2, 0.25) is 5.02 Å². The number of alkyl halides is 1. The molecule has 4 aromatic rings. The lowest BCUT2D eigenvalue weighted by Crippen LogP contribution is -2.44. The number of halogens is 4. The number of rotatable bonds is 6. The third kappa shape index (κ3) is 4.99. The van der Waals surface area contributed by atoms with Crippen molar-refractivity contribution in [2.75, 3.05) is 50.9 Å². The highest BCUT2D eigenvalue weighted by atomic mass is 35.5. The van der Waals surface area contributed by atoms with Crippen molar-refractivity contribution in [3.05, 3.63) is 40.6 Å². The molecule has 4 fully saturated rings.